The highest BCUT2D eigenvalue weighted by Gasteiger charge is 2.28. The molecule has 1 aromatic carbocycles. The van der Waals surface area contributed by atoms with Gasteiger partial charge in [0.2, 0.25) is 0 Å². The molecule has 0 saturated carbocycles. The van der Waals surface area contributed by atoms with Gasteiger partial charge in [-0.05, 0) is 43.7 Å². The van der Waals surface area contributed by atoms with E-state index in [2.05, 4.69) is 0 Å². The van der Waals surface area contributed by atoms with E-state index in [4.69, 9.17) is 9.47 Å². The lowest BCUT2D eigenvalue weighted by Crippen LogP contribution is -2.21. The Morgan fingerprint density at radius 2 is 1.85 bits per heavy atom. The Hall–Kier alpha value is -1.52. The third-order valence-electron chi connectivity index (χ3n) is 3.53. The maximum atomic E-state index is 10.9. The zero-order valence-electron chi connectivity index (χ0n) is 11.7. The van der Waals surface area contributed by atoms with E-state index in [1.807, 2.05) is 44.2 Å². The molecule has 0 fully saturated rings. The molecule has 0 saturated heterocycles. The second-order valence-electron chi connectivity index (χ2n) is 5.19. The predicted molar refractivity (Wildman–Crippen MR) is 79.8 cm³/mol. The van der Waals surface area contributed by atoms with Crippen molar-refractivity contribution in [2.24, 2.45) is 0 Å². The summed E-state index contributed by atoms with van der Waals surface area (Å²) < 4.78 is 11.3. The SMILES string of the molecule is Cc1ccc(C(C)(O)c2ccc3c(c2)OCCCO3)s1. The zero-order valence-corrected chi connectivity index (χ0v) is 12.5. The second kappa shape index (κ2) is 5.11. The van der Waals surface area contributed by atoms with E-state index in [1.54, 1.807) is 11.3 Å². The largest absolute Gasteiger partial charge is 0.490 e. The molecule has 0 amide bonds. The first-order valence-corrected chi connectivity index (χ1v) is 7.58. The monoisotopic (exact) mass is 290 g/mol. The van der Waals surface area contributed by atoms with E-state index in [-0.39, 0.29) is 0 Å². The van der Waals surface area contributed by atoms with Crippen molar-refractivity contribution >= 4 is 11.3 Å². The van der Waals surface area contributed by atoms with Crippen molar-refractivity contribution in [2.75, 3.05) is 13.2 Å². The summed E-state index contributed by atoms with van der Waals surface area (Å²) in [5, 5.41) is 10.9. The molecule has 2 heterocycles. The molecule has 3 nitrogen and oxygen atoms in total. The maximum absolute atomic E-state index is 10.9. The molecular weight excluding hydrogens is 272 g/mol. The minimum absolute atomic E-state index is 0.650. The fourth-order valence-corrected chi connectivity index (χ4v) is 3.24. The lowest BCUT2D eigenvalue weighted by atomic mass is 9.94. The summed E-state index contributed by atoms with van der Waals surface area (Å²) in [6.45, 7) is 5.18. The fraction of sp³-hybridized carbons (Fsp3) is 0.375. The number of hydrogen-bond donors (Lipinski definition) is 1. The third-order valence-corrected chi connectivity index (χ3v) is 4.74. The Labute approximate surface area is 122 Å². The van der Waals surface area contributed by atoms with Crippen LogP contribution in [0.3, 0.4) is 0 Å². The summed E-state index contributed by atoms with van der Waals surface area (Å²) in [6.07, 6.45) is 0.879. The van der Waals surface area contributed by atoms with E-state index >= 15 is 0 Å². The lowest BCUT2D eigenvalue weighted by molar-refractivity contribution is 0.106. The van der Waals surface area contributed by atoms with Crippen LogP contribution in [0, 0.1) is 6.92 Å². The van der Waals surface area contributed by atoms with Gasteiger partial charge >= 0.3 is 0 Å². The third kappa shape index (κ3) is 2.41. The zero-order chi connectivity index (χ0) is 14.2. The van der Waals surface area contributed by atoms with Gasteiger partial charge in [0.25, 0.3) is 0 Å². The van der Waals surface area contributed by atoms with Crippen LogP contribution in [0.4, 0.5) is 0 Å². The van der Waals surface area contributed by atoms with Crippen LogP contribution in [-0.4, -0.2) is 18.3 Å². The normalized spacial score (nSPS) is 17.4. The van der Waals surface area contributed by atoms with Crippen LogP contribution in [0.15, 0.2) is 30.3 Å². The molecule has 2 aromatic rings. The van der Waals surface area contributed by atoms with Gasteiger partial charge in [-0.25, -0.2) is 0 Å². The second-order valence-corrected chi connectivity index (χ2v) is 6.48. The number of benzene rings is 1. The van der Waals surface area contributed by atoms with Crippen LogP contribution < -0.4 is 9.47 Å². The summed E-state index contributed by atoms with van der Waals surface area (Å²) >= 11 is 1.61. The highest BCUT2D eigenvalue weighted by molar-refractivity contribution is 7.12. The van der Waals surface area contributed by atoms with Gasteiger partial charge < -0.3 is 14.6 Å². The highest BCUT2D eigenvalue weighted by atomic mass is 32.1. The Kier molecular flexibility index (Phi) is 3.44. The van der Waals surface area contributed by atoms with Gasteiger partial charge in [0.05, 0.1) is 13.2 Å². The van der Waals surface area contributed by atoms with E-state index in [1.165, 1.54) is 4.88 Å². The average molecular weight is 290 g/mol. The van der Waals surface area contributed by atoms with Gasteiger partial charge in [-0.3, -0.25) is 0 Å². The smallest absolute Gasteiger partial charge is 0.161 e. The van der Waals surface area contributed by atoms with Crippen molar-refractivity contribution in [1.29, 1.82) is 0 Å². The molecule has 1 atom stereocenters. The summed E-state index contributed by atoms with van der Waals surface area (Å²) in [4.78, 5) is 2.12. The molecule has 0 aliphatic carbocycles. The number of hydrogen-bond acceptors (Lipinski definition) is 4. The topological polar surface area (TPSA) is 38.7 Å². The molecule has 1 aromatic heterocycles. The summed E-state index contributed by atoms with van der Waals surface area (Å²) in [7, 11) is 0. The first-order valence-electron chi connectivity index (χ1n) is 6.77. The van der Waals surface area contributed by atoms with E-state index < -0.39 is 5.60 Å². The summed E-state index contributed by atoms with van der Waals surface area (Å²) in [5.74, 6) is 1.47. The van der Waals surface area contributed by atoms with E-state index in [0.717, 1.165) is 22.6 Å². The van der Waals surface area contributed by atoms with Gasteiger partial charge in [0.15, 0.2) is 11.5 Å². The van der Waals surface area contributed by atoms with Crippen molar-refractivity contribution in [3.05, 3.63) is 45.6 Å². The molecule has 0 radical (unpaired) electrons. The molecule has 1 aliphatic rings. The maximum Gasteiger partial charge on any atom is 0.161 e. The van der Waals surface area contributed by atoms with E-state index in [0.29, 0.717) is 19.0 Å². The molecule has 4 heteroatoms. The standard InChI is InChI=1S/C16H18O3S/c1-11-4-7-15(20-11)16(2,17)12-5-6-13-14(10-12)19-9-3-8-18-13/h4-7,10,17H,3,8-9H2,1-2H3. The Morgan fingerprint density at radius 1 is 1.10 bits per heavy atom. The van der Waals surface area contributed by atoms with Crippen LogP contribution >= 0.6 is 11.3 Å². The average Bonchev–Trinajstić information content (AvgIpc) is 2.74. The van der Waals surface area contributed by atoms with Gasteiger partial charge in [0.1, 0.15) is 5.60 Å². The highest BCUT2D eigenvalue weighted by Crippen LogP contribution is 2.38. The number of rotatable bonds is 2. The number of fused-ring (bicyclic) bond motifs is 1. The van der Waals surface area contributed by atoms with Crippen LogP contribution in [0.1, 0.15) is 28.7 Å². The van der Waals surface area contributed by atoms with Gasteiger partial charge in [-0.2, -0.15) is 0 Å². The van der Waals surface area contributed by atoms with Crippen molar-refractivity contribution in [2.45, 2.75) is 25.9 Å². The Morgan fingerprint density at radius 3 is 2.55 bits per heavy atom. The minimum Gasteiger partial charge on any atom is -0.490 e. The summed E-state index contributed by atoms with van der Waals surface area (Å²) in [5.41, 5.74) is -0.188. The molecule has 106 valence electrons. The van der Waals surface area contributed by atoms with Crippen molar-refractivity contribution in [3.63, 3.8) is 0 Å². The first-order chi connectivity index (χ1) is 9.57. The first kappa shape index (κ1) is 13.5. The quantitative estimate of drug-likeness (QED) is 0.920. The van der Waals surface area contributed by atoms with Crippen molar-refractivity contribution in [1.82, 2.24) is 0 Å². The van der Waals surface area contributed by atoms with Gasteiger partial charge in [-0.15, -0.1) is 11.3 Å². The fourth-order valence-electron chi connectivity index (χ4n) is 2.30. The molecule has 1 aliphatic heterocycles. The predicted octanol–water partition coefficient (Wildman–Crippen LogP) is 3.47. The van der Waals surface area contributed by atoms with Crippen LogP contribution in [0.5, 0.6) is 11.5 Å². The van der Waals surface area contributed by atoms with Crippen LogP contribution in [0.25, 0.3) is 0 Å². The Bertz CT molecular complexity index is 616. The van der Waals surface area contributed by atoms with Crippen LogP contribution in [0.2, 0.25) is 0 Å². The number of ether oxygens (including phenoxy) is 2. The molecule has 0 bridgehead atoms. The summed E-state index contributed by atoms with van der Waals surface area (Å²) in [6, 6.07) is 9.67. The van der Waals surface area contributed by atoms with Crippen molar-refractivity contribution in [3.8, 4) is 11.5 Å². The molecular formula is C16H18O3S. The molecule has 3 rings (SSSR count). The van der Waals surface area contributed by atoms with E-state index in [9.17, 15) is 5.11 Å². The molecule has 20 heavy (non-hydrogen) atoms. The van der Waals surface area contributed by atoms with Gasteiger partial charge in [0, 0.05) is 16.2 Å². The number of thiophene rings is 1. The minimum atomic E-state index is -1.01. The molecule has 0 spiro atoms. The lowest BCUT2D eigenvalue weighted by Gasteiger charge is -2.23. The van der Waals surface area contributed by atoms with Crippen molar-refractivity contribution < 1.29 is 14.6 Å². The molecule has 1 unspecified atom stereocenters. The number of aliphatic hydroxyl groups is 1. The molecule has 1 N–H and O–H groups in total. The Balaban J connectivity index is 1.99. The number of aryl methyl sites for hydroxylation is 1. The van der Waals surface area contributed by atoms with Gasteiger partial charge in [-0.1, -0.05) is 6.07 Å². The van der Waals surface area contributed by atoms with Crippen LogP contribution in [-0.2, 0) is 5.60 Å².